The molecule has 0 radical (unpaired) electrons. The van der Waals surface area contributed by atoms with E-state index in [1.54, 1.807) is 0 Å². The smallest absolute Gasteiger partial charge is 0.260 e. The Morgan fingerprint density at radius 2 is 1.88 bits per heavy atom. The lowest BCUT2D eigenvalue weighted by Crippen LogP contribution is -2.41. The van der Waals surface area contributed by atoms with Crippen LogP contribution in [0.2, 0.25) is 0 Å². The van der Waals surface area contributed by atoms with E-state index in [2.05, 4.69) is 46.3 Å². The van der Waals surface area contributed by atoms with E-state index in [9.17, 15) is 4.79 Å². The van der Waals surface area contributed by atoms with Crippen LogP contribution in [0.1, 0.15) is 24.0 Å². The van der Waals surface area contributed by atoms with Gasteiger partial charge in [-0.05, 0) is 71.3 Å². The molecule has 0 aromatic heterocycles. The van der Waals surface area contributed by atoms with Gasteiger partial charge in [-0.1, -0.05) is 36.4 Å². The number of likely N-dealkylation sites (tertiary alicyclic amines) is 1. The molecule has 1 heterocycles. The molecule has 25 heavy (non-hydrogen) atoms. The molecule has 0 unspecified atom stereocenters. The number of hydrogen-bond donors (Lipinski definition) is 0. The van der Waals surface area contributed by atoms with Crippen LogP contribution < -0.4 is 4.74 Å². The fraction of sp³-hybridized carbons (Fsp3) is 0.381. The van der Waals surface area contributed by atoms with Crippen molar-refractivity contribution in [3.05, 3.63) is 64.1 Å². The second kappa shape index (κ2) is 8.52. The van der Waals surface area contributed by atoms with Crippen molar-refractivity contribution in [2.75, 3.05) is 19.7 Å². The summed E-state index contributed by atoms with van der Waals surface area (Å²) in [6.45, 7) is 3.79. The van der Waals surface area contributed by atoms with E-state index in [1.807, 2.05) is 30.0 Å². The van der Waals surface area contributed by atoms with Crippen molar-refractivity contribution < 1.29 is 9.53 Å². The summed E-state index contributed by atoms with van der Waals surface area (Å²) < 4.78 is 6.58. The van der Waals surface area contributed by atoms with Crippen LogP contribution in [0.3, 0.4) is 0 Å². The third-order valence-corrected chi connectivity index (χ3v) is 5.39. The molecule has 1 amide bonds. The molecule has 1 saturated heterocycles. The molecule has 0 bridgehead atoms. The summed E-state index contributed by atoms with van der Waals surface area (Å²) in [5.74, 6) is 1.46. The number of halogens is 1. The van der Waals surface area contributed by atoms with Crippen LogP contribution in [-0.2, 0) is 11.2 Å². The molecule has 0 atom stereocenters. The highest BCUT2D eigenvalue weighted by atomic mass is 79.9. The monoisotopic (exact) mass is 401 g/mol. The number of nitrogens with zero attached hydrogens (tertiary/aromatic N) is 1. The normalized spacial score (nSPS) is 15.2. The van der Waals surface area contributed by atoms with Gasteiger partial charge in [0.15, 0.2) is 6.61 Å². The average molecular weight is 402 g/mol. The van der Waals surface area contributed by atoms with Gasteiger partial charge >= 0.3 is 0 Å². The molecule has 1 aliphatic heterocycles. The predicted molar refractivity (Wildman–Crippen MR) is 104 cm³/mol. The lowest BCUT2D eigenvalue weighted by atomic mass is 9.90. The number of carbonyl (C=O) groups excluding carboxylic acids is 1. The Kier molecular flexibility index (Phi) is 6.14. The summed E-state index contributed by atoms with van der Waals surface area (Å²) in [4.78, 5) is 14.3. The standard InChI is InChI=1S/C21H24BrNO2/c1-16-7-8-20(19(22)13-16)25-15-21(24)23-11-9-18(10-12-23)14-17-5-3-2-4-6-17/h2-8,13,18H,9-12,14-15H2,1H3. The highest BCUT2D eigenvalue weighted by Gasteiger charge is 2.23. The number of carbonyl (C=O) groups is 1. The van der Waals surface area contributed by atoms with Gasteiger partial charge in [0.1, 0.15) is 5.75 Å². The summed E-state index contributed by atoms with van der Waals surface area (Å²) in [6, 6.07) is 16.5. The third kappa shape index (κ3) is 5.08. The zero-order valence-corrected chi connectivity index (χ0v) is 16.2. The molecule has 0 spiro atoms. The molecule has 0 aliphatic carbocycles. The SMILES string of the molecule is Cc1ccc(OCC(=O)N2CCC(Cc3ccccc3)CC2)c(Br)c1. The van der Waals surface area contributed by atoms with Gasteiger partial charge in [-0.25, -0.2) is 0 Å². The first kappa shape index (κ1) is 18.0. The first-order valence-corrected chi connectivity index (χ1v) is 9.62. The first-order valence-electron chi connectivity index (χ1n) is 8.82. The number of piperidine rings is 1. The molecule has 0 saturated carbocycles. The number of ether oxygens (including phenoxy) is 1. The average Bonchev–Trinajstić information content (AvgIpc) is 2.62. The Labute approximate surface area is 158 Å². The Hall–Kier alpha value is -1.81. The van der Waals surface area contributed by atoms with Crippen LogP contribution in [0.4, 0.5) is 0 Å². The minimum atomic E-state index is 0.0747. The summed E-state index contributed by atoms with van der Waals surface area (Å²) in [7, 11) is 0. The van der Waals surface area contributed by atoms with Gasteiger partial charge in [0.25, 0.3) is 5.91 Å². The van der Waals surface area contributed by atoms with Crippen molar-refractivity contribution in [3.63, 3.8) is 0 Å². The van der Waals surface area contributed by atoms with Crippen molar-refractivity contribution in [2.24, 2.45) is 5.92 Å². The molecule has 2 aromatic carbocycles. The maximum Gasteiger partial charge on any atom is 0.260 e. The maximum atomic E-state index is 12.4. The minimum Gasteiger partial charge on any atom is -0.483 e. The van der Waals surface area contributed by atoms with E-state index in [-0.39, 0.29) is 12.5 Å². The van der Waals surface area contributed by atoms with Crippen LogP contribution in [0.25, 0.3) is 0 Å². The van der Waals surface area contributed by atoms with Gasteiger partial charge in [0.05, 0.1) is 4.47 Å². The van der Waals surface area contributed by atoms with E-state index in [0.717, 1.165) is 48.1 Å². The zero-order chi connectivity index (χ0) is 17.6. The van der Waals surface area contributed by atoms with E-state index in [1.165, 1.54) is 5.56 Å². The number of amides is 1. The molecule has 132 valence electrons. The Balaban J connectivity index is 1.45. The van der Waals surface area contributed by atoms with Gasteiger partial charge in [0, 0.05) is 13.1 Å². The molecule has 3 rings (SSSR count). The largest absolute Gasteiger partial charge is 0.483 e. The number of benzene rings is 2. The minimum absolute atomic E-state index is 0.0747. The van der Waals surface area contributed by atoms with Gasteiger partial charge < -0.3 is 9.64 Å². The maximum absolute atomic E-state index is 12.4. The highest BCUT2D eigenvalue weighted by molar-refractivity contribution is 9.10. The van der Waals surface area contributed by atoms with Crippen molar-refractivity contribution in [2.45, 2.75) is 26.2 Å². The van der Waals surface area contributed by atoms with Crippen molar-refractivity contribution >= 4 is 21.8 Å². The van der Waals surface area contributed by atoms with E-state index in [4.69, 9.17) is 4.74 Å². The molecule has 0 N–H and O–H groups in total. The Morgan fingerprint density at radius 1 is 1.16 bits per heavy atom. The predicted octanol–water partition coefficient (Wildman–Crippen LogP) is 4.62. The Bertz CT molecular complexity index is 709. The van der Waals surface area contributed by atoms with E-state index < -0.39 is 0 Å². The van der Waals surface area contributed by atoms with Gasteiger partial charge in [-0.3, -0.25) is 4.79 Å². The molecule has 2 aromatic rings. The molecular weight excluding hydrogens is 378 g/mol. The fourth-order valence-corrected chi connectivity index (χ4v) is 3.90. The van der Waals surface area contributed by atoms with Crippen LogP contribution in [0.5, 0.6) is 5.75 Å². The topological polar surface area (TPSA) is 29.5 Å². The molecule has 1 aliphatic rings. The highest BCUT2D eigenvalue weighted by Crippen LogP contribution is 2.26. The van der Waals surface area contributed by atoms with Crippen LogP contribution >= 0.6 is 15.9 Å². The number of aryl methyl sites for hydroxylation is 1. The lowest BCUT2D eigenvalue weighted by Gasteiger charge is -2.32. The van der Waals surface area contributed by atoms with E-state index in [0.29, 0.717) is 5.92 Å². The van der Waals surface area contributed by atoms with E-state index >= 15 is 0 Å². The quantitative estimate of drug-likeness (QED) is 0.731. The molecule has 4 heteroatoms. The van der Waals surface area contributed by atoms with Gasteiger partial charge in [-0.2, -0.15) is 0 Å². The molecule has 1 fully saturated rings. The summed E-state index contributed by atoms with van der Waals surface area (Å²) in [5, 5.41) is 0. The van der Waals surface area contributed by atoms with Gasteiger partial charge in [-0.15, -0.1) is 0 Å². The first-order chi connectivity index (χ1) is 12.1. The second-order valence-corrected chi connectivity index (χ2v) is 7.59. The van der Waals surface area contributed by atoms with Crippen LogP contribution in [0, 0.1) is 12.8 Å². The summed E-state index contributed by atoms with van der Waals surface area (Å²) in [6.07, 6.45) is 3.24. The van der Waals surface area contributed by atoms with Crippen molar-refractivity contribution in [1.82, 2.24) is 4.90 Å². The molecular formula is C21H24BrNO2. The van der Waals surface area contributed by atoms with Crippen LogP contribution in [0.15, 0.2) is 53.0 Å². The fourth-order valence-electron chi connectivity index (χ4n) is 3.29. The third-order valence-electron chi connectivity index (χ3n) is 4.77. The van der Waals surface area contributed by atoms with Crippen molar-refractivity contribution in [1.29, 1.82) is 0 Å². The Morgan fingerprint density at radius 3 is 2.56 bits per heavy atom. The second-order valence-electron chi connectivity index (χ2n) is 6.74. The summed E-state index contributed by atoms with van der Waals surface area (Å²) in [5.41, 5.74) is 2.55. The van der Waals surface area contributed by atoms with Gasteiger partial charge in [0.2, 0.25) is 0 Å². The van der Waals surface area contributed by atoms with Crippen LogP contribution in [-0.4, -0.2) is 30.5 Å². The number of rotatable bonds is 5. The molecule has 3 nitrogen and oxygen atoms in total. The summed E-state index contributed by atoms with van der Waals surface area (Å²) >= 11 is 3.48. The zero-order valence-electron chi connectivity index (χ0n) is 14.6. The number of hydrogen-bond acceptors (Lipinski definition) is 2. The van der Waals surface area contributed by atoms with Crippen molar-refractivity contribution in [3.8, 4) is 5.75 Å². The lowest BCUT2D eigenvalue weighted by molar-refractivity contribution is -0.134.